The minimum atomic E-state index is -3.10. The molecule has 0 saturated heterocycles. The van der Waals surface area contributed by atoms with E-state index in [1.165, 1.54) is 10.6 Å². The van der Waals surface area contributed by atoms with Gasteiger partial charge in [0.1, 0.15) is 11.6 Å². The second-order valence-electron chi connectivity index (χ2n) is 5.44. The summed E-state index contributed by atoms with van der Waals surface area (Å²) in [4.78, 5) is 8.86. The molecule has 0 spiro atoms. The Morgan fingerprint density at radius 2 is 2.00 bits per heavy atom. The second-order valence-corrected chi connectivity index (χ2v) is 7.42. The first kappa shape index (κ1) is 17.8. The lowest BCUT2D eigenvalue weighted by atomic mass is 10.2. The van der Waals surface area contributed by atoms with Crippen LogP contribution in [0.5, 0.6) is 0 Å². The van der Waals surface area contributed by atoms with Gasteiger partial charge >= 0.3 is 0 Å². The monoisotopic (exact) mass is 314 g/mol. The summed E-state index contributed by atoms with van der Waals surface area (Å²) in [6, 6.07) is 1.90. The van der Waals surface area contributed by atoms with Gasteiger partial charge in [-0.05, 0) is 13.3 Å². The Bertz CT molecular complexity index is 558. The van der Waals surface area contributed by atoms with Crippen LogP contribution in [0.15, 0.2) is 6.07 Å². The zero-order chi connectivity index (χ0) is 16.0. The van der Waals surface area contributed by atoms with Crippen LogP contribution >= 0.6 is 0 Å². The van der Waals surface area contributed by atoms with E-state index >= 15 is 0 Å². The molecule has 7 heteroatoms. The van der Waals surface area contributed by atoms with Crippen molar-refractivity contribution in [2.75, 3.05) is 31.2 Å². The molecule has 0 aliphatic rings. The van der Waals surface area contributed by atoms with Crippen LogP contribution in [0.25, 0.3) is 0 Å². The number of hydrogen-bond acceptors (Lipinski definition) is 5. The van der Waals surface area contributed by atoms with Crippen LogP contribution in [0.4, 0.5) is 5.82 Å². The zero-order valence-electron chi connectivity index (χ0n) is 13.5. The quantitative estimate of drug-likeness (QED) is 0.743. The average Bonchev–Trinajstić information content (AvgIpc) is 2.36. The highest BCUT2D eigenvalue weighted by atomic mass is 32.2. The van der Waals surface area contributed by atoms with Gasteiger partial charge in [0.05, 0.1) is 6.26 Å². The maximum absolute atomic E-state index is 11.5. The standard InChI is InChI=1S/C14H26N4O2S/c1-6-18(21(5,19)20)9-7-8-15-13-10-12(4)16-14(17-13)11(2)3/h10-11H,6-9H2,1-5H3,(H,15,16,17). The van der Waals surface area contributed by atoms with E-state index in [4.69, 9.17) is 0 Å². The van der Waals surface area contributed by atoms with Crippen molar-refractivity contribution in [3.05, 3.63) is 17.6 Å². The lowest BCUT2D eigenvalue weighted by Gasteiger charge is -2.17. The van der Waals surface area contributed by atoms with Crippen molar-refractivity contribution in [3.63, 3.8) is 0 Å². The van der Waals surface area contributed by atoms with Crippen LogP contribution in [-0.2, 0) is 10.0 Å². The number of nitrogens with zero attached hydrogens (tertiary/aromatic N) is 3. The molecular formula is C14H26N4O2S. The molecule has 0 unspecified atom stereocenters. The van der Waals surface area contributed by atoms with E-state index in [-0.39, 0.29) is 5.92 Å². The summed E-state index contributed by atoms with van der Waals surface area (Å²) in [7, 11) is -3.10. The number of aromatic nitrogens is 2. The largest absolute Gasteiger partial charge is 0.370 e. The molecule has 0 aliphatic carbocycles. The summed E-state index contributed by atoms with van der Waals surface area (Å²) in [5.41, 5.74) is 0.933. The van der Waals surface area contributed by atoms with Crippen LogP contribution in [0.3, 0.4) is 0 Å². The third kappa shape index (κ3) is 5.97. The number of anilines is 1. The third-order valence-electron chi connectivity index (χ3n) is 3.10. The number of hydrogen-bond donors (Lipinski definition) is 1. The van der Waals surface area contributed by atoms with Gasteiger partial charge in [-0.3, -0.25) is 0 Å². The maximum Gasteiger partial charge on any atom is 0.211 e. The smallest absolute Gasteiger partial charge is 0.211 e. The Morgan fingerprint density at radius 3 is 2.52 bits per heavy atom. The van der Waals surface area contributed by atoms with Crippen LogP contribution in [0.2, 0.25) is 0 Å². The van der Waals surface area contributed by atoms with Crippen molar-refractivity contribution in [1.29, 1.82) is 0 Å². The normalized spacial score (nSPS) is 12.1. The number of sulfonamides is 1. The molecule has 6 nitrogen and oxygen atoms in total. The van der Waals surface area contributed by atoms with Gasteiger partial charge in [-0.15, -0.1) is 0 Å². The lowest BCUT2D eigenvalue weighted by molar-refractivity contribution is 0.428. The van der Waals surface area contributed by atoms with E-state index in [2.05, 4.69) is 29.1 Å². The van der Waals surface area contributed by atoms with Gasteiger partial charge < -0.3 is 5.32 Å². The van der Waals surface area contributed by atoms with Crippen molar-refractivity contribution >= 4 is 15.8 Å². The molecule has 0 fully saturated rings. The Morgan fingerprint density at radius 1 is 1.33 bits per heavy atom. The van der Waals surface area contributed by atoms with Crippen molar-refractivity contribution < 1.29 is 8.42 Å². The summed E-state index contributed by atoms with van der Waals surface area (Å²) < 4.78 is 24.4. The Balaban J connectivity index is 2.53. The fourth-order valence-corrected chi connectivity index (χ4v) is 2.90. The van der Waals surface area contributed by atoms with Gasteiger partial charge in [-0.2, -0.15) is 0 Å². The highest BCUT2D eigenvalue weighted by molar-refractivity contribution is 7.88. The van der Waals surface area contributed by atoms with E-state index in [1.807, 2.05) is 19.9 Å². The van der Waals surface area contributed by atoms with E-state index in [9.17, 15) is 8.42 Å². The predicted molar refractivity (Wildman–Crippen MR) is 86.1 cm³/mol. The lowest BCUT2D eigenvalue weighted by Crippen LogP contribution is -2.31. The van der Waals surface area contributed by atoms with Gasteiger partial charge in [-0.1, -0.05) is 20.8 Å². The molecule has 0 atom stereocenters. The Kier molecular flexibility index (Phi) is 6.54. The molecule has 1 aromatic rings. The van der Waals surface area contributed by atoms with Gasteiger partial charge in [0.2, 0.25) is 10.0 Å². The molecule has 0 radical (unpaired) electrons. The molecular weight excluding hydrogens is 288 g/mol. The molecule has 1 aromatic heterocycles. The summed E-state index contributed by atoms with van der Waals surface area (Å²) in [5, 5.41) is 3.24. The number of aryl methyl sites for hydroxylation is 1. The fraction of sp³-hybridized carbons (Fsp3) is 0.714. The van der Waals surface area contributed by atoms with Crippen LogP contribution in [-0.4, -0.2) is 48.6 Å². The minimum Gasteiger partial charge on any atom is -0.370 e. The predicted octanol–water partition coefficient (Wildman–Crippen LogP) is 1.99. The van der Waals surface area contributed by atoms with E-state index in [0.717, 1.165) is 23.8 Å². The summed E-state index contributed by atoms with van der Waals surface area (Å²) in [6.45, 7) is 9.61. The van der Waals surface area contributed by atoms with Crippen LogP contribution in [0, 0.1) is 6.92 Å². The van der Waals surface area contributed by atoms with Gasteiger partial charge in [0.15, 0.2) is 0 Å². The maximum atomic E-state index is 11.5. The van der Waals surface area contributed by atoms with Crippen LogP contribution < -0.4 is 5.32 Å². The van der Waals surface area contributed by atoms with E-state index in [0.29, 0.717) is 19.6 Å². The first-order valence-corrected chi connectivity index (χ1v) is 9.13. The van der Waals surface area contributed by atoms with Crippen molar-refractivity contribution in [3.8, 4) is 0 Å². The molecule has 0 saturated carbocycles. The molecule has 0 aromatic carbocycles. The summed E-state index contributed by atoms with van der Waals surface area (Å²) >= 11 is 0. The topological polar surface area (TPSA) is 75.2 Å². The van der Waals surface area contributed by atoms with E-state index in [1.54, 1.807) is 0 Å². The molecule has 0 amide bonds. The molecule has 21 heavy (non-hydrogen) atoms. The molecule has 1 heterocycles. The van der Waals surface area contributed by atoms with Gasteiger partial charge in [0, 0.05) is 37.3 Å². The van der Waals surface area contributed by atoms with Crippen molar-refractivity contribution in [2.45, 2.75) is 40.0 Å². The molecule has 1 N–H and O–H groups in total. The highest BCUT2D eigenvalue weighted by Crippen LogP contribution is 2.13. The number of rotatable bonds is 8. The SMILES string of the molecule is CCN(CCCNc1cc(C)nc(C(C)C)n1)S(C)(=O)=O. The average molecular weight is 314 g/mol. The Hall–Kier alpha value is -1.21. The zero-order valence-corrected chi connectivity index (χ0v) is 14.4. The third-order valence-corrected chi connectivity index (χ3v) is 4.48. The molecule has 120 valence electrons. The second kappa shape index (κ2) is 7.70. The summed E-state index contributed by atoms with van der Waals surface area (Å²) in [5.74, 6) is 1.91. The number of nitrogens with one attached hydrogen (secondary N) is 1. The van der Waals surface area contributed by atoms with E-state index < -0.39 is 10.0 Å². The summed E-state index contributed by atoms with van der Waals surface area (Å²) in [6.07, 6.45) is 1.98. The first-order chi connectivity index (χ1) is 9.74. The van der Waals surface area contributed by atoms with Gasteiger partial charge in [-0.25, -0.2) is 22.7 Å². The minimum absolute atomic E-state index is 0.284. The Labute approximate surface area is 128 Å². The van der Waals surface area contributed by atoms with Gasteiger partial charge in [0.25, 0.3) is 0 Å². The molecule has 0 bridgehead atoms. The highest BCUT2D eigenvalue weighted by Gasteiger charge is 2.13. The van der Waals surface area contributed by atoms with Crippen molar-refractivity contribution in [2.24, 2.45) is 0 Å². The van der Waals surface area contributed by atoms with Crippen molar-refractivity contribution in [1.82, 2.24) is 14.3 Å². The first-order valence-electron chi connectivity index (χ1n) is 7.28. The fourth-order valence-electron chi connectivity index (χ4n) is 1.97. The molecule has 0 aliphatic heterocycles. The molecule has 1 rings (SSSR count). The van der Waals surface area contributed by atoms with Crippen LogP contribution in [0.1, 0.15) is 44.6 Å².